The Kier molecular flexibility index (Phi) is 9.74. The van der Waals surface area contributed by atoms with Crippen LogP contribution in [0.25, 0.3) is 0 Å². The molecule has 0 unspecified atom stereocenters. The smallest absolute Gasteiger partial charge is 0.264 e. The van der Waals surface area contributed by atoms with Crippen LogP contribution in [0.15, 0.2) is 0 Å². The molecule has 0 heterocycles. The zero-order valence-corrected chi connectivity index (χ0v) is 6.15. The van der Waals surface area contributed by atoms with E-state index in [-0.39, 0.29) is 12.4 Å². The zero-order valence-electron chi connectivity index (χ0n) is 4.52. The fraction of sp³-hybridized carbons (Fsp3) is 0.667. The lowest BCUT2D eigenvalue weighted by Crippen LogP contribution is -2.63. The van der Waals surface area contributed by atoms with Crippen molar-refractivity contribution in [1.29, 1.82) is 0 Å². The Hall–Kier alpha value is 0.1000. The first kappa shape index (κ1) is 11.0. The summed E-state index contributed by atoms with van der Waals surface area (Å²) >= 11 is 4.58. The van der Waals surface area contributed by atoms with Gasteiger partial charge in [-0.2, -0.15) is 0 Å². The van der Waals surface area contributed by atoms with E-state index in [1.807, 2.05) is 0 Å². The lowest BCUT2D eigenvalue weighted by molar-refractivity contribution is -0.215. The molecule has 0 amide bonds. The predicted molar refractivity (Wildman–Crippen MR) is 39.8 cm³/mol. The first-order valence-corrected chi connectivity index (χ1v) is 2.48. The highest BCUT2D eigenvalue weighted by atomic mass is 35.5. The number of quaternary nitrogens is 1. The van der Waals surface area contributed by atoms with E-state index >= 15 is 0 Å². The van der Waals surface area contributed by atoms with Crippen molar-refractivity contribution in [2.45, 2.75) is 0 Å². The SMILES string of the molecule is Cl.NCCNC([NH3+])=S. The molecule has 0 aliphatic heterocycles. The van der Waals surface area contributed by atoms with Gasteiger partial charge in [-0.05, 0) is 0 Å². The summed E-state index contributed by atoms with van der Waals surface area (Å²) in [6.45, 7) is 1.33. The Bertz CT molecular complexity index is 67.5. The van der Waals surface area contributed by atoms with Crippen molar-refractivity contribution in [2.24, 2.45) is 5.73 Å². The van der Waals surface area contributed by atoms with Crippen LogP contribution in [0, 0.1) is 0 Å². The van der Waals surface area contributed by atoms with Gasteiger partial charge in [-0.3, -0.25) is 0 Å². The molecular formula is C3H11ClN3S+. The van der Waals surface area contributed by atoms with Gasteiger partial charge in [0.1, 0.15) is 0 Å². The third-order valence-electron chi connectivity index (χ3n) is 0.467. The molecule has 5 heteroatoms. The van der Waals surface area contributed by atoms with Gasteiger partial charge in [-0.25, -0.2) is 0 Å². The number of nitrogens with two attached hydrogens (primary N) is 1. The molecule has 0 aliphatic carbocycles. The second-order valence-electron chi connectivity index (χ2n) is 1.14. The second-order valence-corrected chi connectivity index (χ2v) is 1.63. The molecule has 6 N–H and O–H groups in total. The van der Waals surface area contributed by atoms with Gasteiger partial charge in [-0.15, -0.1) is 12.4 Å². The van der Waals surface area contributed by atoms with Gasteiger partial charge >= 0.3 is 0 Å². The van der Waals surface area contributed by atoms with E-state index in [0.29, 0.717) is 11.7 Å². The van der Waals surface area contributed by atoms with Crippen molar-refractivity contribution in [3.8, 4) is 0 Å². The molecule has 0 rings (SSSR count). The number of hydrogen-bond donors (Lipinski definition) is 3. The monoisotopic (exact) mass is 156 g/mol. The van der Waals surface area contributed by atoms with E-state index in [1.165, 1.54) is 0 Å². The highest BCUT2D eigenvalue weighted by Gasteiger charge is 1.83. The molecule has 0 aromatic rings. The molecule has 0 spiro atoms. The third kappa shape index (κ3) is 9.44. The van der Waals surface area contributed by atoms with E-state index in [9.17, 15) is 0 Å². The summed E-state index contributed by atoms with van der Waals surface area (Å²) in [5.74, 6) is 0. The molecular weight excluding hydrogens is 146 g/mol. The van der Waals surface area contributed by atoms with E-state index in [4.69, 9.17) is 5.73 Å². The number of rotatable bonds is 2. The number of halogens is 1. The van der Waals surface area contributed by atoms with Gasteiger partial charge < -0.3 is 16.8 Å². The Labute approximate surface area is 60.2 Å². The maximum absolute atomic E-state index is 5.13. The highest BCUT2D eigenvalue weighted by molar-refractivity contribution is 7.79. The molecule has 0 radical (unpaired) electrons. The largest absolute Gasteiger partial charge is 0.330 e. The summed E-state index contributed by atoms with van der Waals surface area (Å²) in [5, 5.41) is 3.35. The molecule has 0 aliphatic rings. The summed E-state index contributed by atoms with van der Waals surface area (Å²) in [6.07, 6.45) is 0. The van der Waals surface area contributed by atoms with Gasteiger partial charge in [0.25, 0.3) is 5.11 Å². The first-order valence-electron chi connectivity index (χ1n) is 2.07. The van der Waals surface area contributed by atoms with Gasteiger partial charge in [-0.1, -0.05) is 0 Å². The normalized spacial score (nSPS) is 7.25. The molecule has 0 atom stereocenters. The van der Waals surface area contributed by atoms with Crippen LogP contribution in [0.2, 0.25) is 0 Å². The molecule has 0 fully saturated rings. The maximum Gasteiger partial charge on any atom is 0.264 e. The maximum atomic E-state index is 5.13. The van der Waals surface area contributed by atoms with Crippen molar-refractivity contribution in [3.63, 3.8) is 0 Å². The van der Waals surface area contributed by atoms with Crippen LogP contribution in [0.4, 0.5) is 0 Å². The topological polar surface area (TPSA) is 65.7 Å². The van der Waals surface area contributed by atoms with Crippen LogP contribution in [0.3, 0.4) is 0 Å². The minimum absolute atomic E-state index is 0. The average Bonchev–Trinajstić information content (AvgIpc) is 1.61. The minimum atomic E-state index is 0. The molecule has 0 saturated carbocycles. The summed E-state index contributed by atoms with van der Waals surface area (Å²) in [4.78, 5) is 0. The first-order chi connectivity index (χ1) is 3.27. The fourth-order valence-corrected chi connectivity index (χ4v) is 0.314. The van der Waals surface area contributed by atoms with Crippen molar-refractivity contribution in [1.82, 2.24) is 5.32 Å². The molecule has 50 valence electrons. The highest BCUT2D eigenvalue weighted by Crippen LogP contribution is 1.50. The van der Waals surface area contributed by atoms with Crippen LogP contribution in [0.5, 0.6) is 0 Å². The Morgan fingerprint density at radius 2 is 2.25 bits per heavy atom. The van der Waals surface area contributed by atoms with Gasteiger partial charge in [0.15, 0.2) is 0 Å². The summed E-state index contributed by atoms with van der Waals surface area (Å²) in [5.41, 5.74) is 8.57. The summed E-state index contributed by atoms with van der Waals surface area (Å²) < 4.78 is 0. The summed E-state index contributed by atoms with van der Waals surface area (Å²) in [6, 6.07) is 0. The van der Waals surface area contributed by atoms with E-state index in [1.54, 1.807) is 0 Å². The van der Waals surface area contributed by atoms with Crippen LogP contribution in [-0.2, 0) is 0 Å². The lowest BCUT2D eigenvalue weighted by Gasteiger charge is -1.93. The number of hydrogen-bond acceptors (Lipinski definition) is 2. The van der Waals surface area contributed by atoms with Crippen molar-refractivity contribution >= 4 is 29.7 Å². The minimum Gasteiger partial charge on any atom is -0.330 e. The van der Waals surface area contributed by atoms with E-state index in [2.05, 4.69) is 23.3 Å². The average molecular weight is 157 g/mol. The van der Waals surface area contributed by atoms with Gasteiger partial charge in [0.2, 0.25) is 0 Å². The third-order valence-corrected chi connectivity index (χ3v) is 0.611. The molecule has 0 aromatic carbocycles. The number of thiocarbonyl (C=S) groups is 1. The van der Waals surface area contributed by atoms with Crippen molar-refractivity contribution in [3.05, 3.63) is 0 Å². The zero-order chi connectivity index (χ0) is 5.70. The van der Waals surface area contributed by atoms with Crippen LogP contribution in [-0.4, -0.2) is 18.2 Å². The molecule has 0 bridgehead atoms. The quantitative estimate of drug-likeness (QED) is 0.426. The van der Waals surface area contributed by atoms with Crippen molar-refractivity contribution in [2.75, 3.05) is 13.1 Å². The molecule has 8 heavy (non-hydrogen) atoms. The Balaban J connectivity index is 0. The number of nitrogens with one attached hydrogen (secondary N) is 1. The van der Waals surface area contributed by atoms with E-state index < -0.39 is 0 Å². The van der Waals surface area contributed by atoms with Gasteiger partial charge in [0.05, 0.1) is 0 Å². The fourth-order valence-electron chi connectivity index (χ4n) is 0.212. The molecule has 0 saturated heterocycles. The van der Waals surface area contributed by atoms with Crippen molar-refractivity contribution < 1.29 is 5.73 Å². The Morgan fingerprint density at radius 1 is 1.75 bits per heavy atom. The standard InChI is InChI=1S/C3H9N3S.ClH/c4-1-2-6-3(5)7;/h1-2,4H2,(H3,5,6,7);1H/p+1. The summed E-state index contributed by atoms with van der Waals surface area (Å²) in [7, 11) is 0. The Morgan fingerprint density at radius 3 is 2.38 bits per heavy atom. The van der Waals surface area contributed by atoms with E-state index in [0.717, 1.165) is 6.54 Å². The second kappa shape index (κ2) is 7.10. The molecule has 3 nitrogen and oxygen atoms in total. The van der Waals surface area contributed by atoms with Crippen LogP contribution < -0.4 is 16.8 Å². The van der Waals surface area contributed by atoms with Crippen LogP contribution >= 0.6 is 24.6 Å². The van der Waals surface area contributed by atoms with Crippen LogP contribution in [0.1, 0.15) is 0 Å². The predicted octanol–water partition coefficient (Wildman–Crippen LogP) is -1.52. The lowest BCUT2D eigenvalue weighted by atomic mass is 10.7. The van der Waals surface area contributed by atoms with Gasteiger partial charge in [0, 0.05) is 25.3 Å². The molecule has 0 aromatic heterocycles.